The van der Waals surface area contributed by atoms with Gasteiger partial charge in [-0.15, -0.1) is 0 Å². The van der Waals surface area contributed by atoms with Gasteiger partial charge in [-0.2, -0.15) is 0 Å². The average molecular weight is 203 g/mol. The molecule has 2 nitrogen and oxygen atoms in total. The summed E-state index contributed by atoms with van der Waals surface area (Å²) in [4.78, 5) is 13.9. The van der Waals surface area contributed by atoms with Gasteiger partial charge in [-0.3, -0.25) is 4.79 Å². The summed E-state index contributed by atoms with van der Waals surface area (Å²) in [5.41, 5.74) is 2.57. The lowest BCUT2D eigenvalue weighted by Crippen LogP contribution is -2.30. The number of benzene rings is 1. The number of carbonyl (C=O) groups excluding carboxylic acids is 1. The summed E-state index contributed by atoms with van der Waals surface area (Å²) in [6, 6.07) is 8.33. The van der Waals surface area contributed by atoms with E-state index < -0.39 is 0 Å². The zero-order valence-corrected chi connectivity index (χ0v) is 9.36. The van der Waals surface area contributed by atoms with Crippen LogP contribution in [-0.2, 0) is 11.2 Å². The van der Waals surface area contributed by atoms with E-state index in [1.165, 1.54) is 11.1 Å². The van der Waals surface area contributed by atoms with Crippen LogP contribution in [0, 0.1) is 0 Å². The molecule has 1 heterocycles. The molecule has 1 amide bonds. The van der Waals surface area contributed by atoms with E-state index in [2.05, 4.69) is 25.1 Å². The lowest BCUT2D eigenvalue weighted by atomic mass is 9.91. The van der Waals surface area contributed by atoms with Gasteiger partial charge < -0.3 is 4.90 Å². The van der Waals surface area contributed by atoms with Crippen molar-refractivity contribution in [1.29, 1.82) is 0 Å². The lowest BCUT2D eigenvalue weighted by Gasteiger charge is -2.19. The number of amides is 1. The lowest BCUT2D eigenvalue weighted by molar-refractivity contribution is -0.131. The van der Waals surface area contributed by atoms with Crippen LogP contribution in [0.5, 0.6) is 0 Å². The van der Waals surface area contributed by atoms with Crippen LogP contribution >= 0.6 is 0 Å². The summed E-state index contributed by atoms with van der Waals surface area (Å²) >= 11 is 0. The van der Waals surface area contributed by atoms with Gasteiger partial charge in [0.2, 0.25) is 5.91 Å². The molecule has 1 aliphatic heterocycles. The van der Waals surface area contributed by atoms with Crippen LogP contribution in [0.1, 0.15) is 30.4 Å². The van der Waals surface area contributed by atoms with Crippen molar-refractivity contribution < 1.29 is 4.79 Å². The molecule has 15 heavy (non-hydrogen) atoms. The first kappa shape index (κ1) is 10.2. The molecule has 0 radical (unpaired) electrons. The molecule has 2 rings (SSSR count). The van der Waals surface area contributed by atoms with Gasteiger partial charge in [0.15, 0.2) is 0 Å². The van der Waals surface area contributed by atoms with Crippen molar-refractivity contribution in [2.75, 3.05) is 13.6 Å². The summed E-state index contributed by atoms with van der Waals surface area (Å²) in [5, 5.41) is 0. The molecule has 0 spiro atoms. The standard InChI is InChI=1S/C13H17NO/c1-3-11-12-7-5-4-6-10(12)8-9-14(2)13(11)15/h4-7,11H,3,8-9H2,1-2H3/t11-/m1/s1. The maximum atomic E-state index is 12.1. The third-order valence-electron chi connectivity index (χ3n) is 3.23. The van der Waals surface area contributed by atoms with Crippen molar-refractivity contribution in [2.24, 2.45) is 0 Å². The molecule has 80 valence electrons. The normalized spacial score (nSPS) is 21.1. The third kappa shape index (κ3) is 1.76. The van der Waals surface area contributed by atoms with Crippen molar-refractivity contribution in [2.45, 2.75) is 25.7 Å². The molecule has 0 N–H and O–H groups in total. The van der Waals surface area contributed by atoms with Gasteiger partial charge in [0.05, 0.1) is 5.92 Å². The van der Waals surface area contributed by atoms with Crippen LogP contribution in [0.15, 0.2) is 24.3 Å². The maximum absolute atomic E-state index is 12.1. The van der Waals surface area contributed by atoms with E-state index in [0.717, 1.165) is 19.4 Å². The van der Waals surface area contributed by atoms with E-state index in [1.54, 1.807) is 0 Å². The highest BCUT2D eigenvalue weighted by molar-refractivity contribution is 5.84. The van der Waals surface area contributed by atoms with Gasteiger partial charge in [-0.25, -0.2) is 0 Å². The summed E-state index contributed by atoms with van der Waals surface area (Å²) in [6.07, 6.45) is 1.87. The largest absolute Gasteiger partial charge is 0.345 e. The molecular formula is C13H17NO. The summed E-state index contributed by atoms with van der Waals surface area (Å²) < 4.78 is 0. The van der Waals surface area contributed by atoms with Crippen molar-refractivity contribution in [3.05, 3.63) is 35.4 Å². The Bertz CT molecular complexity index is 373. The summed E-state index contributed by atoms with van der Waals surface area (Å²) in [7, 11) is 1.90. The fraction of sp³-hybridized carbons (Fsp3) is 0.462. The van der Waals surface area contributed by atoms with Gasteiger partial charge >= 0.3 is 0 Å². The highest BCUT2D eigenvalue weighted by Crippen LogP contribution is 2.28. The Morgan fingerprint density at radius 2 is 2.13 bits per heavy atom. The minimum atomic E-state index is 0.0636. The van der Waals surface area contributed by atoms with Crippen molar-refractivity contribution >= 4 is 5.91 Å². The Balaban J connectivity index is 2.45. The monoisotopic (exact) mass is 203 g/mol. The van der Waals surface area contributed by atoms with Crippen LogP contribution in [0.3, 0.4) is 0 Å². The maximum Gasteiger partial charge on any atom is 0.229 e. The average Bonchev–Trinajstić information content (AvgIpc) is 2.38. The highest BCUT2D eigenvalue weighted by Gasteiger charge is 2.26. The number of nitrogens with zero attached hydrogens (tertiary/aromatic N) is 1. The SMILES string of the molecule is CC[C@H]1C(=O)N(C)CCc2ccccc21. The van der Waals surface area contributed by atoms with Gasteiger partial charge in [0, 0.05) is 13.6 Å². The van der Waals surface area contributed by atoms with Crippen LogP contribution in [-0.4, -0.2) is 24.4 Å². The van der Waals surface area contributed by atoms with E-state index in [4.69, 9.17) is 0 Å². The first-order valence-electron chi connectivity index (χ1n) is 5.56. The molecule has 0 saturated heterocycles. The van der Waals surface area contributed by atoms with Gasteiger partial charge in [-0.1, -0.05) is 31.2 Å². The summed E-state index contributed by atoms with van der Waals surface area (Å²) in [5.74, 6) is 0.330. The summed E-state index contributed by atoms with van der Waals surface area (Å²) in [6.45, 7) is 2.92. The third-order valence-corrected chi connectivity index (χ3v) is 3.23. The van der Waals surface area contributed by atoms with Gasteiger partial charge in [0.1, 0.15) is 0 Å². The Labute approximate surface area is 90.9 Å². The fourth-order valence-corrected chi connectivity index (χ4v) is 2.29. The molecule has 1 aliphatic rings. The molecule has 1 aromatic carbocycles. The molecule has 0 aromatic heterocycles. The number of likely N-dealkylation sites (N-methyl/N-ethyl adjacent to an activating group) is 1. The highest BCUT2D eigenvalue weighted by atomic mass is 16.2. The van der Waals surface area contributed by atoms with Crippen LogP contribution in [0.4, 0.5) is 0 Å². The Kier molecular flexibility index (Phi) is 2.76. The Hall–Kier alpha value is -1.31. The molecule has 0 saturated carbocycles. The van der Waals surface area contributed by atoms with Crippen LogP contribution in [0.2, 0.25) is 0 Å². The fourth-order valence-electron chi connectivity index (χ4n) is 2.29. The minimum Gasteiger partial charge on any atom is -0.345 e. The van der Waals surface area contributed by atoms with Crippen LogP contribution in [0.25, 0.3) is 0 Å². The van der Waals surface area contributed by atoms with E-state index in [1.807, 2.05) is 18.0 Å². The number of hydrogen-bond donors (Lipinski definition) is 0. The van der Waals surface area contributed by atoms with Crippen molar-refractivity contribution in [3.63, 3.8) is 0 Å². The van der Waals surface area contributed by atoms with E-state index in [-0.39, 0.29) is 11.8 Å². The minimum absolute atomic E-state index is 0.0636. The van der Waals surface area contributed by atoms with Crippen molar-refractivity contribution in [1.82, 2.24) is 4.90 Å². The number of fused-ring (bicyclic) bond motifs is 1. The quantitative estimate of drug-likeness (QED) is 0.685. The molecule has 0 unspecified atom stereocenters. The zero-order chi connectivity index (χ0) is 10.8. The predicted molar refractivity (Wildman–Crippen MR) is 60.8 cm³/mol. The molecule has 0 fully saturated rings. The molecule has 0 aliphatic carbocycles. The van der Waals surface area contributed by atoms with E-state index in [9.17, 15) is 4.79 Å². The first-order valence-corrected chi connectivity index (χ1v) is 5.56. The van der Waals surface area contributed by atoms with Crippen molar-refractivity contribution in [3.8, 4) is 0 Å². The number of carbonyl (C=O) groups is 1. The zero-order valence-electron chi connectivity index (χ0n) is 9.36. The Morgan fingerprint density at radius 3 is 2.87 bits per heavy atom. The van der Waals surface area contributed by atoms with E-state index in [0.29, 0.717) is 0 Å². The molecule has 1 atom stereocenters. The molecule has 1 aromatic rings. The van der Waals surface area contributed by atoms with Crippen LogP contribution < -0.4 is 0 Å². The molecular weight excluding hydrogens is 186 g/mol. The first-order chi connectivity index (χ1) is 7.24. The molecule has 2 heteroatoms. The predicted octanol–water partition coefficient (Wildman–Crippen LogP) is 2.19. The van der Waals surface area contributed by atoms with Gasteiger partial charge in [0.25, 0.3) is 0 Å². The van der Waals surface area contributed by atoms with Gasteiger partial charge in [-0.05, 0) is 24.0 Å². The number of rotatable bonds is 1. The second-order valence-corrected chi connectivity index (χ2v) is 4.17. The topological polar surface area (TPSA) is 20.3 Å². The number of hydrogen-bond acceptors (Lipinski definition) is 1. The smallest absolute Gasteiger partial charge is 0.229 e. The van der Waals surface area contributed by atoms with E-state index >= 15 is 0 Å². The molecule has 0 bridgehead atoms. The second kappa shape index (κ2) is 4.05. The Morgan fingerprint density at radius 1 is 1.40 bits per heavy atom. The second-order valence-electron chi connectivity index (χ2n) is 4.17.